The van der Waals surface area contributed by atoms with Gasteiger partial charge in [0.1, 0.15) is 0 Å². The smallest absolute Gasteiger partial charge is 0.497 e. The van der Waals surface area contributed by atoms with Crippen molar-refractivity contribution < 1.29 is 20.1 Å². The molecule has 0 saturated carbocycles. The Balaban J connectivity index is 0.000000180. The van der Waals surface area contributed by atoms with E-state index in [0.717, 1.165) is 16.9 Å². The van der Waals surface area contributed by atoms with Crippen LogP contribution in [0.1, 0.15) is 20.8 Å². The normalized spacial score (nSPS) is 13.4. The molecular weight excluding hydrogens is 597 g/mol. The summed E-state index contributed by atoms with van der Waals surface area (Å²) in [5.41, 5.74) is 8.11. The van der Waals surface area contributed by atoms with E-state index in [1.54, 1.807) is 6.20 Å². The van der Waals surface area contributed by atoms with E-state index in [-0.39, 0.29) is 25.6 Å². The first-order chi connectivity index (χ1) is 15.9. The number of fused-ring (bicyclic) bond motifs is 2. The molecule has 0 spiro atoms. The van der Waals surface area contributed by atoms with Crippen LogP contribution in [0, 0.1) is 18.8 Å². The van der Waals surface area contributed by atoms with E-state index in [2.05, 4.69) is 90.6 Å². The SMILES string of the molecule is CN1c2ccc[c-]c2N2[CH-]N(C(C)(C)C)c3cccc1c32.[Ir+3].[c-]1ccccc1-c1ccccn1. The van der Waals surface area contributed by atoms with Gasteiger partial charge in [-0.2, -0.15) is 24.9 Å². The van der Waals surface area contributed by atoms with Crippen LogP contribution in [0.15, 0.2) is 85.1 Å². The summed E-state index contributed by atoms with van der Waals surface area (Å²) < 4.78 is 0. The Bertz CT molecular complexity index is 1210. The van der Waals surface area contributed by atoms with E-state index < -0.39 is 0 Å². The molecule has 2 aliphatic rings. The van der Waals surface area contributed by atoms with Crippen molar-refractivity contribution in [2.24, 2.45) is 0 Å². The summed E-state index contributed by atoms with van der Waals surface area (Å²) in [5, 5.41) is 0. The summed E-state index contributed by atoms with van der Waals surface area (Å²) in [6.07, 6.45) is 1.79. The number of benzene rings is 3. The maximum Gasteiger partial charge on any atom is 3.00 e. The minimum atomic E-state index is 0. The predicted octanol–water partition coefficient (Wildman–Crippen LogP) is 6.99. The zero-order valence-electron chi connectivity index (χ0n) is 19.8. The number of aromatic nitrogens is 1. The summed E-state index contributed by atoms with van der Waals surface area (Å²) in [6.45, 7) is 8.92. The van der Waals surface area contributed by atoms with E-state index in [0.29, 0.717) is 0 Å². The van der Waals surface area contributed by atoms with E-state index in [4.69, 9.17) is 0 Å². The van der Waals surface area contributed by atoms with E-state index in [9.17, 15) is 0 Å². The molecule has 6 rings (SSSR count). The standard InChI is InChI=1S/C18H19N3.C11H8N.Ir/c1-18(2,3)21-12-20-14-9-6-5-8-13(14)19(4)15-10-7-11-16(21)17(15)20;1-2-6-10(7-3-1)11-8-4-5-9-12-11;/h5-8,10-12H,1-4H3;1-6,8-9H;/q-2;-1;+3. The number of nitrogens with zero attached hydrogens (tertiary/aromatic N) is 4. The molecule has 3 aromatic carbocycles. The van der Waals surface area contributed by atoms with Crippen LogP contribution >= 0.6 is 0 Å². The van der Waals surface area contributed by atoms with Crippen LogP contribution in [-0.4, -0.2) is 17.6 Å². The maximum absolute atomic E-state index is 4.22. The second kappa shape index (κ2) is 9.61. The number of hydrogen-bond donors (Lipinski definition) is 0. The number of hydrogen-bond acceptors (Lipinski definition) is 4. The predicted molar refractivity (Wildman–Crippen MR) is 137 cm³/mol. The molecule has 0 aliphatic carbocycles. The minimum absolute atomic E-state index is 0. The molecule has 34 heavy (non-hydrogen) atoms. The van der Waals surface area contributed by atoms with Gasteiger partial charge >= 0.3 is 20.1 Å². The Morgan fingerprint density at radius 2 is 1.53 bits per heavy atom. The molecule has 0 amide bonds. The first-order valence-corrected chi connectivity index (χ1v) is 11.1. The van der Waals surface area contributed by atoms with Gasteiger partial charge in [-0.05, 0) is 57.4 Å². The topological polar surface area (TPSA) is 22.6 Å². The largest absolute Gasteiger partial charge is 3.00 e. The van der Waals surface area contributed by atoms with Crippen molar-refractivity contribution in [3.63, 3.8) is 0 Å². The Hall–Kier alpha value is -3.14. The third-order valence-corrected chi connectivity index (χ3v) is 5.87. The number of anilines is 5. The second-order valence-corrected chi connectivity index (χ2v) is 9.13. The molecule has 172 valence electrons. The Morgan fingerprint density at radius 1 is 0.794 bits per heavy atom. The molecule has 5 heteroatoms. The van der Waals surface area contributed by atoms with Gasteiger partial charge in [0.2, 0.25) is 0 Å². The van der Waals surface area contributed by atoms with Crippen LogP contribution in [0.4, 0.5) is 28.4 Å². The average Bonchev–Trinajstić information content (AvgIpc) is 3.25. The molecule has 0 radical (unpaired) electrons. The fourth-order valence-corrected chi connectivity index (χ4v) is 4.26. The molecule has 0 unspecified atom stereocenters. The van der Waals surface area contributed by atoms with Gasteiger partial charge in [0.05, 0.1) is 11.4 Å². The van der Waals surface area contributed by atoms with E-state index in [1.807, 2.05) is 54.6 Å². The van der Waals surface area contributed by atoms with Crippen LogP contribution < -0.4 is 14.7 Å². The van der Waals surface area contributed by atoms with Gasteiger partial charge in [-0.1, -0.05) is 23.9 Å². The molecule has 0 N–H and O–H groups in total. The monoisotopic (exact) mass is 624 g/mol. The van der Waals surface area contributed by atoms with Crippen molar-refractivity contribution in [3.05, 3.63) is 104 Å². The third kappa shape index (κ3) is 4.34. The zero-order valence-corrected chi connectivity index (χ0v) is 22.2. The van der Waals surface area contributed by atoms with E-state index in [1.165, 1.54) is 22.7 Å². The fourth-order valence-electron chi connectivity index (χ4n) is 4.26. The number of rotatable bonds is 1. The molecule has 0 bridgehead atoms. The molecule has 4 aromatic rings. The van der Waals surface area contributed by atoms with Crippen LogP contribution in [0.2, 0.25) is 0 Å². The van der Waals surface area contributed by atoms with Crippen molar-refractivity contribution in [2.45, 2.75) is 26.3 Å². The Labute approximate surface area is 216 Å². The summed E-state index contributed by atoms with van der Waals surface area (Å²) >= 11 is 0. The van der Waals surface area contributed by atoms with Gasteiger partial charge in [0.25, 0.3) is 0 Å². The van der Waals surface area contributed by atoms with Crippen LogP contribution in [0.3, 0.4) is 0 Å². The Kier molecular flexibility index (Phi) is 6.79. The van der Waals surface area contributed by atoms with Crippen molar-refractivity contribution in [2.75, 3.05) is 21.7 Å². The van der Waals surface area contributed by atoms with Crippen molar-refractivity contribution in [1.82, 2.24) is 4.98 Å². The summed E-state index contributed by atoms with van der Waals surface area (Å²) in [4.78, 5) is 11.1. The van der Waals surface area contributed by atoms with Gasteiger partial charge in [-0.15, -0.1) is 42.0 Å². The molecule has 4 nitrogen and oxygen atoms in total. The first-order valence-electron chi connectivity index (χ1n) is 11.1. The Morgan fingerprint density at radius 3 is 2.24 bits per heavy atom. The molecule has 0 saturated heterocycles. The van der Waals surface area contributed by atoms with Crippen LogP contribution in [0.5, 0.6) is 0 Å². The molecule has 3 heterocycles. The average molecular weight is 624 g/mol. The van der Waals surface area contributed by atoms with Gasteiger partial charge in [-0.3, -0.25) is 0 Å². The van der Waals surface area contributed by atoms with Gasteiger partial charge < -0.3 is 19.7 Å². The second-order valence-electron chi connectivity index (χ2n) is 9.13. The van der Waals surface area contributed by atoms with Crippen molar-refractivity contribution >= 4 is 28.4 Å². The summed E-state index contributed by atoms with van der Waals surface area (Å²) in [6, 6.07) is 32.9. The van der Waals surface area contributed by atoms with Crippen LogP contribution in [-0.2, 0) is 20.1 Å². The molecule has 1 aromatic heterocycles. The fraction of sp³-hybridized carbons (Fsp3) is 0.172. The molecule has 0 atom stereocenters. The number of para-hydroxylation sites is 2. The quantitative estimate of drug-likeness (QED) is 0.213. The number of pyridine rings is 1. The molecular formula is C29H27IrN4. The summed E-state index contributed by atoms with van der Waals surface area (Å²) in [5.74, 6) is 0. The summed E-state index contributed by atoms with van der Waals surface area (Å²) in [7, 11) is 2.12. The third-order valence-electron chi connectivity index (χ3n) is 5.87. The minimum Gasteiger partial charge on any atom is -0.497 e. The first kappa shape index (κ1) is 24.0. The van der Waals surface area contributed by atoms with E-state index >= 15 is 0 Å². The molecule has 2 aliphatic heterocycles. The van der Waals surface area contributed by atoms with Gasteiger partial charge in [0.15, 0.2) is 0 Å². The van der Waals surface area contributed by atoms with Gasteiger partial charge in [-0.25, -0.2) is 0 Å². The molecule has 0 fully saturated rings. The maximum atomic E-state index is 4.22. The zero-order chi connectivity index (χ0) is 23.0. The van der Waals surface area contributed by atoms with Crippen molar-refractivity contribution in [1.29, 1.82) is 0 Å². The van der Waals surface area contributed by atoms with Gasteiger partial charge in [0, 0.05) is 17.4 Å². The van der Waals surface area contributed by atoms with Crippen LogP contribution in [0.25, 0.3) is 11.3 Å². The van der Waals surface area contributed by atoms with Crippen molar-refractivity contribution in [3.8, 4) is 11.3 Å².